The molecule has 0 bridgehead atoms. The summed E-state index contributed by atoms with van der Waals surface area (Å²) in [6.07, 6.45) is 7.07. The number of likely N-dealkylation sites (N-methyl/N-ethyl adjacent to an activating group) is 1. The SMILES string of the molecule is CN(CC(=O)Cc1cc2cc(-c3cnco3)ccc2nn1)C1CCC1. The van der Waals surface area contributed by atoms with Crippen molar-refractivity contribution in [3.05, 3.63) is 42.5 Å². The number of ketones is 1. The molecule has 6 nitrogen and oxygen atoms in total. The molecule has 0 saturated heterocycles. The second-order valence-electron chi connectivity index (χ2n) is 6.69. The average molecular weight is 336 g/mol. The van der Waals surface area contributed by atoms with Crippen LogP contribution in [0.1, 0.15) is 25.0 Å². The third kappa shape index (κ3) is 3.44. The number of carbonyl (C=O) groups excluding carboxylic acids is 1. The summed E-state index contributed by atoms with van der Waals surface area (Å²) < 4.78 is 5.34. The maximum absolute atomic E-state index is 12.3. The Morgan fingerprint density at radius 3 is 2.88 bits per heavy atom. The summed E-state index contributed by atoms with van der Waals surface area (Å²) in [6.45, 7) is 0.475. The van der Waals surface area contributed by atoms with E-state index in [1.807, 2.05) is 31.3 Å². The fourth-order valence-corrected chi connectivity index (χ4v) is 3.18. The quantitative estimate of drug-likeness (QED) is 0.689. The molecule has 3 aromatic rings. The highest BCUT2D eigenvalue weighted by molar-refractivity contribution is 5.86. The minimum Gasteiger partial charge on any atom is -0.444 e. The number of fused-ring (bicyclic) bond motifs is 1. The lowest BCUT2D eigenvalue weighted by Crippen LogP contribution is -2.40. The van der Waals surface area contributed by atoms with E-state index in [0.717, 1.165) is 16.5 Å². The number of oxazole rings is 1. The van der Waals surface area contributed by atoms with E-state index in [1.165, 1.54) is 25.7 Å². The standard InChI is InChI=1S/C19H20N4O2/c1-23(16-3-2-4-16)11-17(24)9-15-8-14-7-13(19-10-20-12-25-19)5-6-18(14)22-21-15/h5-8,10,12,16H,2-4,9,11H2,1H3. The lowest BCUT2D eigenvalue weighted by atomic mass is 9.91. The Hall–Kier alpha value is -2.60. The highest BCUT2D eigenvalue weighted by atomic mass is 16.3. The first kappa shape index (κ1) is 15.9. The molecule has 25 heavy (non-hydrogen) atoms. The van der Waals surface area contributed by atoms with E-state index in [1.54, 1.807) is 6.20 Å². The van der Waals surface area contributed by atoms with Crippen LogP contribution in [0, 0.1) is 0 Å². The number of benzene rings is 1. The molecule has 0 atom stereocenters. The maximum Gasteiger partial charge on any atom is 0.181 e. The van der Waals surface area contributed by atoms with Crippen LogP contribution in [-0.2, 0) is 11.2 Å². The molecule has 1 fully saturated rings. The van der Waals surface area contributed by atoms with Gasteiger partial charge in [-0.05, 0) is 44.2 Å². The van der Waals surface area contributed by atoms with Gasteiger partial charge in [-0.25, -0.2) is 4.98 Å². The van der Waals surface area contributed by atoms with Crippen LogP contribution < -0.4 is 0 Å². The molecular formula is C19H20N4O2. The molecule has 1 aliphatic carbocycles. The molecule has 0 spiro atoms. The normalized spacial score (nSPS) is 14.8. The molecule has 1 aromatic carbocycles. The number of aromatic nitrogens is 3. The zero-order valence-corrected chi connectivity index (χ0v) is 14.2. The van der Waals surface area contributed by atoms with Crippen LogP contribution in [-0.4, -0.2) is 45.5 Å². The molecule has 4 rings (SSSR count). The molecule has 0 unspecified atom stereocenters. The molecule has 0 radical (unpaired) electrons. The van der Waals surface area contributed by atoms with Crippen molar-refractivity contribution in [3.8, 4) is 11.3 Å². The third-order valence-corrected chi connectivity index (χ3v) is 4.85. The number of rotatable bonds is 6. The summed E-state index contributed by atoms with van der Waals surface area (Å²) in [5, 5.41) is 9.38. The first-order valence-electron chi connectivity index (χ1n) is 8.56. The Kier molecular flexibility index (Phi) is 4.28. The summed E-state index contributed by atoms with van der Waals surface area (Å²) in [5.41, 5.74) is 2.43. The largest absolute Gasteiger partial charge is 0.444 e. The summed E-state index contributed by atoms with van der Waals surface area (Å²) in [7, 11) is 2.03. The highest BCUT2D eigenvalue weighted by Crippen LogP contribution is 2.24. The molecule has 128 valence electrons. The van der Waals surface area contributed by atoms with E-state index in [9.17, 15) is 4.79 Å². The first-order chi connectivity index (χ1) is 12.2. The molecule has 0 N–H and O–H groups in total. The van der Waals surface area contributed by atoms with Gasteiger partial charge in [-0.1, -0.05) is 6.42 Å². The van der Waals surface area contributed by atoms with Gasteiger partial charge in [-0.3, -0.25) is 9.69 Å². The molecule has 1 saturated carbocycles. The van der Waals surface area contributed by atoms with Gasteiger partial charge in [0.2, 0.25) is 0 Å². The van der Waals surface area contributed by atoms with Crippen LogP contribution in [0.2, 0.25) is 0 Å². The van der Waals surface area contributed by atoms with Gasteiger partial charge in [0.15, 0.2) is 17.9 Å². The Labute approximate surface area is 145 Å². The van der Waals surface area contributed by atoms with Gasteiger partial charge < -0.3 is 4.42 Å². The van der Waals surface area contributed by atoms with Gasteiger partial charge in [0.25, 0.3) is 0 Å². The van der Waals surface area contributed by atoms with E-state index in [0.29, 0.717) is 30.5 Å². The van der Waals surface area contributed by atoms with Gasteiger partial charge >= 0.3 is 0 Å². The molecule has 1 aliphatic rings. The van der Waals surface area contributed by atoms with Crippen LogP contribution >= 0.6 is 0 Å². The number of hydrogen-bond donors (Lipinski definition) is 0. The zero-order valence-electron chi connectivity index (χ0n) is 14.2. The van der Waals surface area contributed by atoms with Crippen LogP contribution in [0.3, 0.4) is 0 Å². The monoisotopic (exact) mass is 336 g/mol. The number of hydrogen-bond acceptors (Lipinski definition) is 6. The predicted molar refractivity (Wildman–Crippen MR) is 94.0 cm³/mol. The van der Waals surface area contributed by atoms with Gasteiger partial charge in [-0.2, -0.15) is 10.2 Å². The van der Waals surface area contributed by atoms with E-state index < -0.39 is 0 Å². The zero-order chi connectivity index (χ0) is 17.2. The van der Waals surface area contributed by atoms with Crippen LogP contribution in [0.25, 0.3) is 22.2 Å². The van der Waals surface area contributed by atoms with Gasteiger partial charge in [0.05, 0.1) is 30.4 Å². The van der Waals surface area contributed by atoms with Crippen LogP contribution in [0.5, 0.6) is 0 Å². The van der Waals surface area contributed by atoms with Crippen LogP contribution in [0.4, 0.5) is 0 Å². The average Bonchev–Trinajstić information content (AvgIpc) is 3.06. The molecule has 2 aromatic heterocycles. The van der Waals surface area contributed by atoms with E-state index in [4.69, 9.17) is 4.42 Å². The predicted octanol–water partition coefficient (Wildman–Crippen LogP) is 2.88. The summed E-state index contributed by atoms with van der Waals surface area (Å²) in [6, 6.07) is 8.31. The van der Waals surface area contributed by atoms with E-state index in [2.05, 4.69) is 20.1 Å². The topological polar surface area (TPSA) is 72.1 Å². The second-order valence-corrected chi connectivity index (χ2v) is 6.69. The van der Waals surface area contributed by atoms with Crippen LogP contribution in [0.15, 0.2) is 41.3 Å². The van der Waals surface area contributed by atoms with Crippen molar-refractivity contribution in [2.45, 2.75) is 31.7 Å². The Balaban J connectivity index is 1.50. The fourth-order valence-electron chi connectivity index (χ4n) is 3.18. The number of Topliss-reactive ketones (excluding diaryl/α,β-unsaturated/α-hetero) is 1. The number of carbonyl (C=O) groups is 1. The van der Waals surface area contributed by atoms with Crippen molar-refractivity contribution in [1.29, 1.82) is 0 Å². The number of nitrogens with zero attached hydrogens (tertiary/aromatic N) is 4. The van der Waals surface area contributed by atoms with Gasteiger partial charge in [0, 0.05) is 17.0 Å². The Morgan fingerprint density at radius 2 is 2.16 bits per heavy atom. The fraction of sp³-hybridized carbons (Fsp3) is 0.368. The van der Waals surface area contributed by atoms with Crippen molar-refractivity contribution in [2.75, 3.05) is 13.6 Å². The lowest BCUT2D eigenvalue weighted by molar-refractivity contribution is -0.120. The maximum atomic E-state index is 12.3. The minimum atomic E-state index is 0.175. The smallest absolute Gasteiger partial charge is 0.181 e. The highest BCUT2D eigenvalue weighted by Gasteiger charge is 2.23. The first-order valence-corrected chi connectivity index (χ1v) is 8.56. The van der Waals surface area contributed by atoms with Crippen molar-refractivity contribution >= 4 is 16.7 Å². The molecule has 0 amide bonds. The van der Waals surface area contributed by atoms with Crippen molar-refractivity contribution < 1.29 is 9.21 Å². The Morgan fingerprint density at radius 1 is 1.28 bits per heavy atom. The Bertz CT molecular complexity index is 888. The van der Waals surface area contributed by atoms with Crippen molar-refractivity contribution in [2.24, 2.45) is 0 Å². The minimum absolute atomic E-state index is 0.175. The summed E-state index contributed by atoms with van der Waals surface area (Å²) >= 11 is 0. The van der Waals surface area contributed by atoms with E-state index in [-0.39, 0.29) is 5.78 Å². The second kappa shape index (κ2) is 6.72. The van der Waals surface area contributed by atoms with Gasteiger partial charge in [-0.15, -0.1) is 0 Å². The molecular weight excluding hydrogens is 316 g/mol. The summed E-state index contributed by atoms with van der Waals surface area (Å²) in [5.74, 6) is 0.882. The summed E-state index contributed by atoms with van der Waals surface area (Å²) in [4.78, 5) is 18.4. The molecule has 6 heteroatoms. The van der Waals surface area contributed by atoms with Gasteiger partial charge in [0.1, 0.15) is 0 Å². The third-order valence-electron chi connectivity index (χ3n) is 4.85. The molecule has 2 heterocycles. The molecule has 0 aliphatic heterocycles. The van der Waals surface area contributed by atoms with E-state index >= 15 is 0 Å². The van der Waals surface area contributed by atoms with Crippen molar-refractivity contribution in [1.82, 2.24) is 20.1 Å². The van der Waals surface area contributed by atoms with Crippen molar-refractivity contribution in [3.63, 3.8) is 0 Å². The lowest BCUT2D eigenvalue weighted by Gasteiger charge is -2.34.